The number of nitrogens with zero attached hydrogens (tertiary/aromatic N) is 2. The number of ether oxygens (including phenoxy) is 1. The molecule has 0 bridgehead atoms. The fourth-order valence-electron chi connectivity index (χ4n) is 1.51. The topological polar surface area (TPSA) is 68.2 Å². The zero-order valence-electron chi connectivity index (χ0n) is 12.1. The van der Waals surface area contributed by atoms with Gasteiger partial charge < -0.3 is 15.4 Å². The third-order valence-corrected chi connectivity index (χ3v) is 2.85. The Morgan fingerprint density at radius 1 is 1.58 bits per heavy atom. The molecular formula is C12H23ClN4O2. The molecule has 1 amide bonds. The van der Waals surface area contributed by atoms with Gasteiger partial charge in [0, 0.05) is 32.5 Å². The molecule has 110 valence electrons. The van der Waals surface area contributed by atoms with E-state index in [0.29, 0.717) is 6.54 Å². The molecule has 2 N–H and O–H groups in total. The van der Waals surface area contributed by atoms with Crippen molar-refractivity contribution in [3.63, 3.8) is 0 Å². The molecule has 1 aromatic rings. The Bertz CT molecular complexity index is 406. The third kappa shape index (κ3) is 5.18. The highest BCUT2D eigenvalue weighted by Crippen LogP contribution is 2.12. The second-order valence-electron chi connectivity index (χ2n) is 4.85. The van der Waals surface area contributed by atoms with Gasteiger partial charge in [0.25, 0.3) is 0 Å². The minimum Gasteiger partial charge on any atom is -0.377 e. The number of aryl methyl sites for hydroxylation is 1. The van der Waals surface area contributed by atoms with Crippen LogP contribution >= 0.6 is 12.4 Å². The number of carbonyl (C=O) groups is 1. The maximum atomic E-state index is 12.1. The summed E-state index contributed by atoms with van der Waals surface area (Å²) in [4.78, 5) is 12.1. The molecule has 0 spiro atoms. The Labute approximate surface area is 120 Å². The summed E-state index contributed by atoms with van der Waals surface area (Å²) < 4.78 is 6.93. The van der Waals surface area contributed by atoms with Gasteiger partial charge in [0.05, 0.1) is 11.8 Å². The Morgan fingerprint density at radius 2 is 2.21 bits per heavy atom. The van der Waals surface area contributed by atoms with Gasteiger partial charge in [-0.15, -0.1) is 12.4 Å². The first-order valence-corrected chi connectivity index (χ1v) is 5.88. The molecule has 0 saturated heterocycles. The van der Waals surface area contributed by atoms with Crippen LogP contribution in [0.2, 0.25) is 0 Å². The number of nitrogens with one attached hydrogen (secondary N) is 2. The predicted molar refractivity (Wildman–Crippen MR) is 76.4 cm³/mol. The van der Waals surface area contributed by atoms with E-state index in [9.17, 15) is 4.79 Å². The largest absolute Gasteiger partial charge is 0.377 e. The summed E-state index contributed by atoms with van der Waals surface area (Å²) >= 11 is 0. The van der Waals surface area contributed by atoms with Crippen molar-refractivity contribution in [2.45, 2.75) is 25.5 Å². The van der Waals surface area contributed by atoms with Crippen LogP contribution in [0.25, 0.3) is 0 Å². The summed E-state index contributed by atoms with van der Waals surface area (Å²) in [6.07, 6.45) is 3.50. The second-order valence-corrected chi connectivity index (χ2v) is 4.85. The molecule has 7 heteroatoms. The fourth-order valence-corrected chi connectivity index (χ4v) is 1.51. The Hall–Kier alpha value is -1.11. The molecule has 0 saturated carbocycles. The van der Waals surface area contributed by atoms with Gasteiger partial charge in [-0.1, -0.05) is 0 Å². The number of rotatable bonds is 6. The standard InChI is InChI=1S/C12H22N4O2.ClH/c1-12(2,18-5)8-14-11(17)10(13-3)9-6-15-16(4)7-9;/h6-7,10,13H,8H2,1-5H3,(H,14,17);1H. The smallest absolute Gasteiger partial charge is 0.241 e. The SMILES string of the molecule is CNC(C(=O)NCC(C)(C)OC)c1cnn(C)c1.Cl. The van der Waals surface area contributed by atoms with Crippen molar-refractivity contribution < 1.29 is 9.53 Å². The lowest BCUT2D eigenvalue weighted by atomic mass is 10.1. The quantitative estimate of drug-likeness (QED) is 0.807. The number of hydrogen-bond donors (Lipinski definition) is 2. The minimum absolute atomic E-state index is 0. The summed E-state index contributed by atoms with van der Waals surface area (Å²) in [7, 11) is 5.20. The van der Waals surface area contributed by atoms with Gasteiger partial charge in [0.15, 0.2) is 0 Å². The molecule has 19 heavy (non-hydrogen) atoms. The molecule has 0 aliphatic heterocycles. The highest BCUT2D eigenvalue weighted by molar-refractivity contribution is 5.85. The molecular weight excluding hydrogens is 268 g/mol. The van der Waals surface area contributed by atoms with Gasteiger partial charge in [-0.2, -0.15) is 5.10 Å². The van der Waals surface area contributed by atoms with Crippen molar-refractivity contribution >= 4 is 18.3 Å². The lowest BCUT2D eigenvalue weighted by Gasteiger charge is -2.24. The lowest BCUT2D eigenvalue weighted by Crippen LogP contribution is -2.43. The van der Waals surface area contributed by atoms with Crippen molar-refractivity contribution in [2.75, 3.05) is 20.7 Å². The average molecular weight is 291 g/mol. The molecule has 0 aromatic carbocycles. The third-order valence-electron chi connectivity index (χ3n) is 2.85. The molecule has 0 radical (unpaired) electrons. The van der Waals surface area contributed by atoms with E-state index in [2.05, 4.69) is 15.7 Å². The minimum atomic E-state index is -0.397. The van der Waals surface area contributed by atoms with E-state index in [1.807, 2.05) is 27.1 Å². The first-order chi connectivity index (χ1) is 8.39. The number of carbonyl (C=O) groups excluding carboxylic acids is 1. The molecule has 1 atom stereocenters. The first kappa shape index (κ1) is 17.9. The van der Waals surface area contributed by atoms with E-state index in [4.69, 9.17) is 4.74 Å². The summed E-state index contributed by atoms with van der Waals surface area (Å²) in [6, 6.07) is -0.397. The number of likely N-dealkylation sites (N-methyl/N-ethyl adjacent to an activating group) is 1. The highest BCUT2D eigenvalue weighted by atomic mass is 35.5. The number of hydrogen-bond acceptors (Lipinski definition) is 4. The second kappa shape index (κ2) is 7.47. The molecule has 1 rings (SSSR count). The van der Waals surface area contributed by atoms with Crippen LogP contribution in [0, 0.1) is 0 Å². The molecule has 1 unspecified atom stereocenters. The fraction of sp³-hybridized carbons (Fsp3) is 0.667. The Morgan fingerprint density at radius 3 is 2.63 bits per heavy atom. The van der Waals surface area contributed by atoms with Crippen LogP contribution in [0.15, 0.2) is 12.4 Å². The summed E-state index contributed by atoms with van der Waals surface area (Å²) in [6.45, 7) is 4.30. The molecule has 0 aliphatic rings. The molecule has 6 nitrogen and oxygen atoms in total. The van der Waals surface area contributed by atoms with E-state index < -0.39 is 6.04 Å². The van der Waals surface area contributed by atoms with Crippen LogP contribution in [0.5, 0.6) is 0 Å². The van der Waals surface area contributed by atoms with Crippen LogP contribution in [0.3, 0.4) is 0 Å². The normalized spacial score (nSPS) is 12.7. The zero-order chi connectivity index (χ0) is 13.8. The summed E-state index contributed by atoms with van der Waals surface area (Å²) in [5.41, 5.74) is 0.468. The number of aromatic nitrogens is 2. The molecule has 1 heterocycles. The van der Waals surface area contributed by atoms with Crippen LogP contribution in [0.4, 0.5) is 0 Å². The first-order valence-electron chi connectivity index (χ1n) is 5.88. The zero-order valence-corrected chi connectivity index (χ0v) is 12.9. The number of halogens is 1. The Kier molecular flexibility index (Phi) is 7.04. The molecule has 1 aromatic heterocycles. The van der Waals surface area contributed by atoms with Crippen LogP contribution < -0.4 is 10.6 Å². The van der Waals surface area contributed by atoms with Gasteiger partial charge in [-0.05, 0) is 20.9 Å². The molecule has 0 aliphatic carbocycles. The maximum Gasteiger partial charge on any atom is 0.241 e. The lowest BCUT2D eigenvalue weighted by molar-refractivity contribution is -0.124. The van der Waals surface area contributed by atoms with Gasteiger partial charge in [0.2, 0.25) is 5.91 Å². The van der Waals surface area contributed by atoms with Crippen LogP contribution in [0.1, 0.15) is 25.5 Å². The average Bonchev–Trinajstić information content (AvgIpc) is 2.74. The molecule has 0 fully saturated rings. The predicted octanol–water partition coefficient (Wildman–Crippen LogP) is 0.644. The van der Waals surface area contributed by atoms with Gasteiger partial charge in [-0.3, -0.25) is 9.48 Å². The van der Waals surface area contributed by atoms with Crippen molar-refractivity contribution in [3.05, 3.63) is 18.0 Å². The van der Waals surface area contributed by atoms with Gasteiger partial charge in [0.1, 0.15) is 6.04 Å². The van der Waals surface area contributed by atoms with Crippen molar-refractivity contribution in [2.24, 2.45) is 7.05 Å². The van der Waals surface area contributed by atoms with E-state index in [1.54, 1.807) is 25.0 Å². The Balaban J connectivity index is 0.00000324. The number of amides is 1. The number of methoxy groups -OCH3 is 1. The van der Waals surface area contributed by atoms with E-state index in [-0.39, 0.29) is 23.9 Å². The highest BCUT2D eigenvalue weighted by Gasteiger charge is 2.23. The van der Waals surface area contributed by atoms with Crippen LogP contribution in [-0.2, 0) is 16.6 Å². The van der Waals surface area contributed by atoms with Crippen molar-refractivity contribution in [1.82, 2.24) is 20.4 Å². The van der Waals surface area contributed by atoms with Crippen molar-refractivity contribution in [3.8, 4) is 0 Å². The summed E-state index contributed by atoms with van der Waals surface area (Å²) in [5, 5.41) is 9.91. The van der Waals surface area contributed by atoms with E-state index in [0.717, 1.165) is 5.56 Å². The monoisotopic (exact) mass is 290 g/mol. The van der Waals surface area contributed by atoms with Gasteiger partial charge >= 0.3 is 0 Å². The van der Waals surface area contributed by atoms with Crippen LogP contribution in [-0.4, -0.2) is 42.0 Å². The van der Waals surface area contributed by atoms with E-state index in [1.165, 1.54) is 0 Å². The van der Waals surface area contributed by atoms with E-state index >= 15 is 0 Å². The van der Waals surface area contributed by atoms with Gasteiger partial charge in [-0.25, -0.2) is 0 Å². The maximum absolute atomic E-state index is 12.1. The van der Waals surface area contributed by atoms with Crippen molar-refractivity contribution in [1.29, 1.82) is 0 Å². The summed E-state index contributed by atoms with van der Waals surface area (Å²) in [5.74, 6) is -0.0874.